The van der Waals surface area contributed by atoms with Crippen molar-refractivity contribution >= 4 is 15.9 Å². The van der Waals surface area contributed by atoms with Crippen molar-refractivity contribution in [3.05, 3.63) is 46.8 Å². The molecule has 0 amide bonds. The molecule has 3 nitrogen and oxygen atoms in total. The lowest BCUT2D eigenvalue weighted by Crippen LogP contribution is -1.90. The molecule has 0 saturated heterocycles. The van der Waals surface area contributed by atoms with Crippen LogP contribution in [-0.4, -0.2) is 9.97 Å². The first kappa shape index (κ1) is 10.1. The van der Waals surface area contributed by atoms with Gasteiger partial charge in [-0.3, -0.25) is 0 Å². The highest BCUT2D eigenvalue weighted by Gasteiger charge is 2.03. The van der Waals surface area contributed by atoms with E-state index in [0.29, 0.717) is 16.2 Å². The van der Waals surface area contributed by atoms with Crippen LogP contribution in [0.3, 0.4) is 0 Å². The second kappa shape index (κ2) is 4.40. The van der Waals surface area contributed by atoms with Crippen molar-refractivity contribution in [3.63, 3.8) is 0 Å². The Kier molecular flexibility index (Phi) is 2.97. The van der Waals surface area contributed by atoms with Crippen LogP contribution >= 0.6 is 15.9 Å². The molecule has 2 aromatic rings. The Morgan fingerprint density at radius 2 is 2.07 bits per heavy atom. The highest BCUT2D eigenvalue weighted by Crippen LogP contribution is 2.26. The Morgan fingerprint density at radius 3 is 2.80 bits per heavy atom. The van der Waals surface area contributed by atoms with Gasteiger partial charge in [-0.15, -0.1) is 0 Å². The number of halogens is 1. The standard InChI is InChI=1S/C11H9BrN2O/c1-8-4-6-13-10(7-8)15-9-3-2-5-14-11(9)12/h2-7H,1H3. The van der Waals surface area contributed by atoms with E-state index in [2.05, 4.69) is 25.9 Å². The summed E-state index contributed by atoms with van der Waals surface area (Å²) < 4.78 is 6.24. The summed E-state index contributed by atoms with van der Waals surface area (Å²) in [6, 6.07) is 7.45. The third-order valence-corrected chi connectivity index (χ3v) is 2.43. The number of nitrogens with zero attached hydrogens (tertiary/aromatic N) is 2. The van der Waals surface area contributed by atoms with E-state index < -0.39 is 0 Å². The van der Waals surface area contributed by atoms with E-state index in [4.69, 9.17) is 4.74 Å². The molecule has 2 aromatic heterocycles. The number of aryl methyl sites for hydroxylation is 1. The molecule has 0 bridgehead atoms. The molecule has 4 heteroatoms. The fourth-order valence-electron chi connectivity index (χ4n) is 1.12. The van der Waals surface area contributed by atoms with Gasteiger partial charge in [0, 0.05) is 18.5 Å². The van der Waals surface area contributed by atoms with Crippen LogP contribution in [0.5, 0.6) is 11.6 Å². The predicted octanol–water partition coefficient (Wildman–Crippen LogP) is 3.34. The quantitative estimate of drug-likeness (QED) is 0.781. The molecule has 0 radical (unpaired) electrons. The van der Waals surface area contributed by atoms with Gasteiger partial charge in [0.25, 0.3) is 0 Å². The fourth-order valence-corrected chi connectivity index (χ4v) is 1.46. The summed E-state index contributed by atoms with van der Waals surface area (Å²) in [6.07, 6.45) is 3.41. The largest absolute Gasteiger partial charge is 0.436 e. The molecule has 76 valence electrons. The number of hydrogen-bond donors (Lipinski definition) is 0. The van der Waals surface area contributed by atoms with Gasteiger partial charge in [-0.2, -0.15) is 0 Å². The van der Waals surface area contributed by atoms with Gasteiger partial charge in [0.15, 0.2) is 5.75 Å². The Hall–Kier alpha value is -1.42. The minimum Gasteiger partial charge on any atom is -0.436 e. The average molecular weight is 265 g/mol. The number of ether oxygens (including phenoxy) is 1. The van der Waals surface area contributed by atoms with Crippen molar-refractivity contribution in [2.75, 3.05) is 0 Å². The summed E-state index contributed by atoms with van der Waals surface area (Å²) in [4.78, 5) is 8.17. The zero-order valence-electron chi connectivity index (χ0n) is 8.14. The second-order valence-corrected chi connectivity index (χ2v) is 3.82. The molecule has 0 N–H and O–H groups in total. The van der Waals surface area contributed by atoms with Crippen LogP contribution in [0.1, 0.15) is 5.56 Å². The minimum atomic E-state index is 0.573. The average Bonchev–Trinajstić information content (AvgIpc) is 2.22. The van der Waals surface area contributed by atoms with Crippen LogP contribution in [-0.2, 0) is 0 Å². The highest BCUT2D eigenvalue weighted by atomic mass is 79.9. The van der Waals surface area contributed by atoms with E-state index >= 15 is 0 Å². The molecule has 0 aliphatic rings. The predicted molar refractivity (Wildman–Crippen MR) is 61.0 cm³/mol. The third-order valence-electron chi connectivity index (χ3n) is 1.83. The summed E-state index contributed by atoms with van der Waals surface area (Å²) in [5, 5.41) is 0. The smallest absolute Gasteiger partial charge is 0.219 e. The summed E-state index contributed by atoms with van der Waals surface area (Å²) >= 11 is 3.31. The van der Waals surface area contributed by atoms with Gasteiger partial charge in [0.1, 0.15) is 4.60 Å². The van der Waals surface area contributed by atoms with Crippen LogP contribution in [0, 0.1) is 6.92 Å². The molecule has 0 spiro atoms. The summed E-state index contributed by atoms with van der Waals surface area (Å²) in [5.74, 6) is 1.24. The molecule has 2 heterocycles. The van der Waals surface area contributed by atoms with E-state index in [1.54, 1.807) is 12.4 Å². The maximum absolute atomic E-state index is 5.57. The highest BCUT2D eigenvalue weighted by molar-refractivity contribution is 9.10. The molecule has 15 heavy (non-hydrogen) atoms. The van der Waals surface area contributed by atoms with E-state index in [-0.39, 0.29) is 0 Å². The van der Waals surface area contributed by atoms with E-state index in [1.807, 2.05) is 31.2 Å². The molecular weight excluding hydrogens is 256 g/mol. The Labute approximate surface area is 96.3 Å². The van der Waals surface area contributed by atoms with Crippen molar-refractivity contribution in [2.24, 2.45) is 0 Å². The lowest BCUT2D eigenvalue weighted by Gasteiger charge is -2.05. The molecule has 0 atom stereocenters. The minimum absolute atomic E-state index is 0.573. The van der Waals surface area contributed by atoms with E-state index in [9.17, 15) is 0 Å². The summed E-state index contributed by atoms with van der Waals surface area (Å²) in [5.41, 5.74) is 1.11. The SMILES string of the molecule is Cc1ccnc(Oc2cccnc2Br)c1. The van der Waals surface area contributed by atoms with Gasteiger partial charge in [0.05, 0.1) is 0 Å². The van der Waals surface area contributed by atoms with Crippen LogP contribution in [0.15, 0.2) is 41.3 Å². The number of rotatable bonds is 2. The lowest BCUT2D eigenvalue weighted by atomic mass is 10.3. The van der Waals surface area contributed by atoms with Gasteiger partial charge in [-0.05, 0) is 46.6 Å². The molecule has 2 rings (SSSR count). The Morgan fingerprint density at radius 1 is 1.20 bits per heavy atom. The van der Waals surface area contributed by atoms with Gasteiger partial charge in [-0.25, -0.2) is 9.97 Å². The molecular formula is C11H9BrN2O. The lowest BCUT2D eigenvalue weighted by molar-refractivity contribution is 0.457. The van der Waals surface area contributed by atoms with Crippen molar-refractivity contribution in [3.8, 4) is 11.6 Å². The molecule has 0 fully saturated rings. The number of pyridine rings is 2. The van der Waals surface area contributed by atoms with Crippen molar-refractivity contribution in [1.29, 1.82) is 0 Å². The molecule has 0 saturated carbocycles. The van der Waals surface area contributed by atoms with Crippen LogP contribution in [0.25, 0.3) is 0 Å². The maximum atomic E-state index is 5.57. The summed E-state index contributed by atoms with van der Waals surface area (Å²) in [7, 11) is 0. The Bertz CT molecular complexity index is 474. The van der Waals surface area contributed by atoms with Crippen molar-refractivity contribution in [1.82, 2.24) is 9.97 Å². The normalized spacial score (nSPS) is 10.0. The van der Waals surface area contributed by atoms with Gasteiger partial charge >= 0.3 is 0 Å². The second-order valence-electron chi connectivity index (χ2n) is 3.07. The maximum Gasteiger partial charge on any atom is 0.219 e. The number of aromatic nitrogens is 2. The molecule has 0 unspecified atom stereocenters. The third kappa shape index (κ3) is 2.53. The van der Waals surface area contributed by atoms with Crippen molar-refractivity contribution in [2.45, 2.75) is 6.92 Å². The Balaban J connectivity index is 2.26. The number of hydrogen-bond acceptors (Lipinski definition) is 3. The van der Waals surface area contributed by atoms with Crippen LogP contribution in [0.2, 0.25) is 0 Å². The van der Waals surface area contributed by atoms with Crippen molar-refractivity contribution < 1.29 is 4.74 Å². The zero-order chi connectivity index (χ0) is 10.7. The van der Waals surface area contributed by atoms with Gasteiger partial charge < -0.3 is 4.74 Å². The summed E-state index contributed by atoms with van der Waals surface area (Å²) in [6.45, 7) is 1.99. The first-order valence-corrected chi connectivity index (χ1v) is 5.26. The molecule has 0 aliphatic carbocycles. The first-order chi connectivity index (χ1) is 7.25. The topological polar surface area (TPSA) is 35.0 Å². The van der Waals surface area contributed by atoms with Crippen LogP contribution < -0.4 is 4.74 Å². The van der Waals surface area contributed by atoms with Crippen LogP contribution in [0.4, 0.5) is 0 Å². The molecule has 0 aliphatic heterocycles. The zero-order valence-corrected chi connectivity index (χ0v) is 9.73. The van der Waals surface area contributed by atoms with E-state index in [0.717, 1.165) is 5.56 Å². The van der Waals surface area contributed by atoms with Gasteiger partial charge in [-0.1, -0.05) is 0 Å². The first-order valence-electron chi connectivity index (χ1n) is 4.47. The van der Waals surface area contributed by atoms with E-state index in [1.165, 1.54) is 0 Å². The molecule has 0 aromatic carbocycles. The fraction of sp³-hybridized carbons (Fsp3) is 0.0909. The van der Waals surface area contributed by atoms with Gasteiger partial charge in [0.2, 0.25) is 5.88 Å². The monoisotopic (exact) mass is 264 g/mol.